The van der Waals surface area contributed by atoms with Crippen LogP contribution in [-0.4, -0.2) is 4.98 Å². The lowest BCUT2D eigenvalue weighted by Crippen LogP contribution is -1.98. The summed E-state index contributed by atoms with van der Waals surface area (Å²) in [7, 11) is 0. The van der Waals surface area contributed by atoms with Crippen molar-refractivity contribution in [1.29, 1.82) is 0 Å². The molecule has 1 aromatic rings. The van der Waals surface area contributed by atoms with E-state index >= 15 is 0 Å². The van der Waals surface area contributed by atoms with Gasteiger partial charge in [0, 0.05) is 6.20 Å². The van der Waals surface area contributed by atoms with Gasteiger partial charge in [0.1, 0.15) is 10.4 Å². The number of nitrogens with one attached hydrogen (secondary N) is 1. The molecular weight excluding hydrogens is 252 g/mol. The summed E-state index contributed by atoms with van der Waals surface area (Å²) in [5.41, 5.74) is 1.52. The maximum atomic E-state index is 4.32. The number of hydrogen-bond acceptors (Lipinski definition) is 2. The molecule has 3 heteroatoms. The molecule has 0 aliphatic heterocycles. The van der Waals surface area contributed by atoms with Crippen LogP contribution in [0.1, 0.15) is 32.1 Å². The molecule has 15 heavy (non-hydrogen) atoms. The molecule has 0 bridgehead atoms. The second-order valence-corrected chi connectivity index (χ2v) is 4.67. The Labute approximate surface area is 98.9 Å². The van der Waals surface area contributed by atoms with Crippen LogP contribution in [0.15, 0.2) is 34.6 Å². The minimum absolute atomic E-state index is 0.870. The molecule has 1 aromatic heterocycles. The van der Waals surface area contributed by atoms with Gasteiger partial charge in [0.15, 0.2) is 0 Å². The largest absolute Gasteiger partial charge is 0.347 e. The molecule has 1 fully saturated rings. The molecule has 0 aromatic carbocycles. The lowest BCUT2D eigenvalue weighted by atomic mass is 9.96. The van der Waals surface area contributed by atoms with Crippen LogP contribution < -0.4 is 5.32 Å². The highest BCUT2D eigenvalue weighted by Crippen LogP contribution is 2.22. The molecule has 0 atom stereocenters. The highest BCUT2D eigenvalue weighted by molar-refractivity contribution is 9.10. The number of anilines is 1. The smallest absolute Gasteiger partial charge is 0.131 e. The molecule has 80 valence electrons. The second kappa shape index (κ2) is 5.31. The molecule has 0 spiro atoms. The summed E-state index contributed by atoms with van der Waals surface area (Å²) in [6.07, 6.45) is 8.64. The summed E-state index contributed by atoms with van der Waals surface area (Å²) in [5, 5.41) is 3.25. The number of aromatic nitrogens is 1. The minimum Gasteiger partial charge on any atom is -0.347 e. The first-order valence-electron chi connectivity index (χ1n) is 5.41. The molecule has 1 N–H and O–H groups in total. The first-order valence-corrected chi connectivity index (χ1v) is 6.21. The normalized spacial score (nSPS) is 16.2. The summed E-state index contributed by atoms with van der Waals surface area (Å²) in [6, 6.07) is 5.89. The highest BCUT2D eigenvalue weighted by Gasteiger charge is 2.04. The van der Waals surface area contributed by atoms with Gasteiger partial charge in [-0.1, -0.05) is 18.1 Å². The van der Waals surface area contributed by atoms with E-state index in [4.69, 9.17) is 0 Å². The highest BCUT2D eigenvalue weighted by atomic mass is 79.9. The summed E-state index contributed by atoms with van der Waals surface area (Å²) < 4.78 is 0.870. The van der Waals surface area contributed by atoms with Gasteiger partial charge >= 0.3 is 0 Å². The van der Waals surface area contributed by atoms with Crippen molar-refractivity contribution in [2.45, 2.75) is 32.1 Å². The van der Waals surface area contributed by atoms with Gasteiger partial charge in [0.05, 0.1) is 0 Å². The second-order valence-electron chi connectivity index (χ2n) is 3.85. The molecule has 1 aliphatic carbocycles. The van der Waals surface area contributed by atoms with Crippen molar-refractivity contribution in [2.24, 2.45) is 0 Å². The Balaban J connectivity index is 1.96. The molecule has 1 saturated carbocycles. The minimum atomic E-state index is 0.870. The zero-order valence-corrected chi connectivity index (χ0v) is 10.3. The van der Waals surface area contributed by atoms with Crippen LogP contribution in [0.4, 0.5) is 5.82 Å². The van der Waals surface area contributed by atoms with E-state index in [0.29, 0.717) is 0 Å². The van der Waals surface area contributed by atoms with E-state index in [1.165, 1.54) is 37.7 Å². The van der Waals surface area contributed by atoms with Crippen LogP contribution in [0.25, 0.3) is 0 Å². The van der Waals surface area contributed by atoms with Crippen molar-refractivity contribution in [3.8, 4) is 0 Å². The van der Waals surface area contributed by atoms with Gasteiger partial charge in [-0.25, -0.2) is 4.98 Å². The lowest BCUT2D eigenvalue weighted by Gasteiger charge is -2.13. The zero-order valence-electron chi connectivity index (χ0n) is 8.67. The lowest BCUT2D eigenvalue weighted by molar-refractivity contribution is 0.598. The van der Waals surface area contributed by atoms with E-state index in [9.17, 15) is 0 Å². The number of nitrogens with zero attached hydrogens (tertiary/aromatic N) is 1. The van der Waals surface area contributed by atoms with Crippen LogP contribution in [0, 0.1) is 0 Å². The van der Waals surface area contributed by atoms with E-state index < -0.39 is 0 Å². The number of hydrogen-bond donors (Lipinski definition) is 1. The Morgan fingerprint density at radius 3 is 2.73 bits per heavy atom. The third-order valence-electron chi connectivity index (χ3n) is 2.64. The van der Waals surface area contributed by atoms with Crippen LogP contribution in [-0.2, 0) is 0 Å². The topological polar surface area (TPSA) is 24.9 Å². The quantitative estimate of drug-likeness (QED) is 0.816. The fourth-order valence-electron chi connectivity index (χ4n) is 1.81. The molecule has 0 amide bonds. The predicted molar refractivity (Wildman–Crippen MR) is 66.7 cm³/mol. The number of halogens is 1. The summed E-state index contributed by atoms with van der Waals surface area (Å²) >= 11 is 3.36. The third kappa shape index (κ3) is 3.34. The van der Waals surface area contributed by atoms with Crippen LogP contribution in [0.5, 0.6) is 0 Å². The monoisotopic (exact) mass is 266 g/mol. The standard InChI is InChI=1S/C12H15BrN2/c13-11-7-4-8-12(15-11)14-9-10-5-2-1-3-6-10/h4,7-9H,1-3,5-6H2,(H,14,15). The van der Waals surface area contributed by atoms with Crippen LogP contribution in [0.2, 0.25) is 0 Å². The van der Waals surface area contributed by atoms with Gasteiger partial charge in [-0.15, -0.1) is 0 Å². The average Bonchev–Trinajstić information content (AvgIpc) is 2.28. The third-order valence-corrected chi connectivity index (χ3v) is 3.08. The van der Waals surface area contributed by atoms with E-state index in [2.05, 4.69) is 32.4 Å². The summed E-state index contributed by atoms with van der Waals surface area (Å²) in [6.45, 7) is 0. The molecule has 0 saturated heterocycles. The SMILES string of the molecule is Brc1cccc(NC=C2CCCCC2)n1. The van der Waals surface area contributed by atoms with Crippen molar-refractivity contribution in [2.75, 3.05) is 5.32 Å². The Hall–Kier alpha value is -0.830. The van der Waals surface area contributed by atoms with Gasteiger partial charge in [-0.2, -0.15) is 0 Å². The average molecular weight is 267 g/mol. The van der Waals surface area contributed by atoms with Gasteiger partial charge in [-0.05, 0) is 53.7 Å². The van der Waals surface area contributed by atoms with Gasteiger partial charge in [-0.3, -0.25) is 0 Å². The fourth-order valence-corrected chi connectivity index (χ4v) is 2.16. The molecule has 0 unspecified atom stereocenters. The Bertz CT molecular complexity index is 352. The predicted octanol–water partition coefficient (Wildman–Crippen LogP) is 4.10. The number of pyridine rings is 1. The van der Waals surface area contributed by atoms with Gasteiger partial charge in [0.25, 0.3) is 0 Å². The zero-order chi connectivity index (χ0) is 10.5. The molecular formula is C12H15BrN2. The van der Waals surface area contributed by atoms with E-state index in [-0.39, 0.29) is 0 Å². The number of rotatable bonds is 2. The molecule has 0 radical (unpaired) electrons. The summed E-state index contributed by atoms with van der Waals surface area (Å²) in [5.74, 6) is 0.905. The maximum Gasteiger partial charge on any atom is 0.131 e. The molecule has 1 aliphatic rings. The van der Waals surface area contributed by atoms with E-state index in [1.54, 1.807) is 0 Å². The molecule has 2 rings (SSSR count). The van der Waals surface area contributed by atoms with Crippen LogP contribution in [0.3, 0.4) is 0 Å². The van der Waals surface area contributed by atoms with Gasteiger partial charge < -0.3 is 5.32 Å². The van der Waals surface area contributed by atoms with Crippen molar-refractivity contribution >= 4 is 21.7 Å². The molecule has 1 heterocycles. The Kier molecular flexibility index (Phi) is 3.78. The fraction of sp³-hybridized carbons (Fsp3) is 0.417. The summed E-state index contributed by atoms with van der Waals surface area (Å²) in [4.78, 5) is 4.32. The maximum absolute atomic E-state index is 4.32. The van der Waals surface area contributed by atoms with Gasteiger partial charge in [0.2, 0.25) is 0 Å². The van der Waals surface area contributed by atoms with Crippen molar-refractivity contribution < 1.29 is 0 Å². The number of allylic oxidation sites excluding steroid dienone is 1. The van der Waals surface area contributed by atoms with Crippen molar-refractivity contribution in [1.82, 2.24) is 4.98 Å². The van der Waals surface area contributed by atoms with Crippen molar-refractivity contribution in [3.63, 3.8) is 0 Å². The van der Waals surface area contributed by atoms with E-state index in [1.807, 2.05) is 18.2 Å². The van der Waals surface area contributed by atoms with E-state index in [0.717, 1.165) is 10.4 Å². The first-order chi connectivity index (χ1) is 7.34. The van der Waals surface area contributed by atoms with Crippen LogP contribution >= 0.6 is 15.9 Å². The molecule has 2 nitrogen and oxygen atoms in total. The Morgan fingerprint density at radius 1 is 1.20 bits per heavy atom. The Morgan fingerprint density at radius 2 is 2.00 bits per heavy atom. The van der Waals surface area contributed by atoms with Crippen molar-refractivity contribution in [3.05, 3.63) is 34.6 Å². The first kappa shape index (κ1) is 10.7.